The molecule has 49 heavy (non-hydrogen) atoms. The maximum Gasteiger partial charge on any atom is 0.337 e. The van der Waals surface area contributed by atoms with Gasteiger partial charge in [0.1, 0.15) is 6.61 Å². The van der Waals surface area contributed by atoms with Gasteiger partial charge >= 0.3 is 11.9 Å². The first kappa shape index (κ1) is 37.9. The molecule has 3 unspecified atom stereocenters. The molecule has 2 aliphatic carbocycles. The molecule has 0 saturated heterocycles. The van der Waals surface area contributed by atoms with Crippen LogP contribution in [0.4, 0.5) is 0 Å². The first-order valence-corrected chi connectivity index (χ1v) is 18.2. The van der Waals surface area contributed by atoms with Gasteiger partial charge in [-0.3, -0.25) is 19.2 Å². The fourth-order valence-electron chi connectivity index (χ4n) is 6.12. The van der Waals surface area contributed by atoms with Gasteiger partial charge in [0, 0.05) is 25.4 Å². The van der Waals surface area contributed by atoms with E-state index in [4.69, 9.17) is 4.74 Å². The van der Waals surface area contributed by atoms with Crippen molar-refractivity contribution in [1.82, 2.24) is 5.32 Å². The molecule has 0 aliphatic heterocycles. The third-order valence-electron chi connectivity index (χ3n) is 9.03. The maximum absolute atomic E-state index is 13.1. The van der Waals surface area contributed by atoms with Gasteiger partial charge in [-0.2, -0.15) is 0 Å². The Kier molecular flexibility index (Phi) is 13.6. The SMILES string of the molecule is CC(=O)SCC1(C(=O)NCC(O)C(=O)OCc2ccccc2)CCc2ccccc2C1.CC(=O)SCC1(C(=O)O)CCc2ccccc2C1. The minimum atomic E-state index is -1.46. The Bertz CT molecular complexity index is 1650. The summed E-state index contributed by atoms with van der Waals surface area (Å²) in [5, 5.41) is 22.3. The van der Waals surface area contributed by atoms with Crippen LogP contribution in [0.3, 0.4) is 0 Å². The zero-order valence-electron chi connectivity index (χ0n) is 27.8. The Balaban J connectivity index is 0.000000254. The third kappa shape index (κ3) is 10.5. The summed E-state index contributed by atoms with van der Waals surface area (Å²) in [6.07, 6.45) is 2.32. The highest BCUT2D eigenvalue weighted by atomic mass is 32.2. The Morgan fingerprint density at radius 3 is 1.73 bits per heavy atom. The smallest absolute Gasteiger partial charge is 0.337 e. The first-order chi connectivity index (χ1) is 23.4. The zero-order valence-corrected chi connectivity index (χ0v) is 29.4. The van der Waals surface area contributed by atoms with Crippen molar-refractivity contribution < 1.29 is 38.9 Å². The van der Waals surface area contributed by atoms with E-state index in [9.17, 15) is 34.2 Å². The molecule has 0 heterocycles. The highest BCUT2D eigenvalue weighted by Crippen LogP contribution is 2.40. The van der Waals surface area contributed by atoms with E-state index in [2.05, 4.69) is 17.4 Å². The van der Waals surface area contributed by atoms with Gasteiger partial charge in [-0.15, -0.1) is 0 Å². The molecular weight excluding hydrogens is 663 g/mol. The molecule has 3 N–H and O–H groups in total. The van der Waals surface area contributed by atoms with Gasteiger partial charge < -0.3 is 20.3 Å². The summed E-state index contributed by atoms with van der Waals surface area (Å²) in [7, 11) is 0. The molecule has 5 rings (SSSR count). The molecule has 0 spiro atoms. The number of benzene rings is 3. The zero-order chi connectivity index (χ0) is 35.4. The molecule has 0 radical (unpaired) electrons. The molecule has 260 valence electrons. The number of thioether (sulfide) groups is 2. The van der Waals surface area contributed by atoms with Crippen molar-refractivity contribution in [3.05, 3.63) is 107 Å². The van der Waals surface area contributed by atoms with E-state index in [-0.39, 0.29) is 29.3 Å². The number of hydrogen-bond donors (Lipinski definition) is 3. The van der Waals surface area contributed by atoms with E-state index in [0.29, 0.717) is 37.2 Å². The molecule has 0 saturated carbocycles. The van der Waals surface area contributed by atoms with Crippen LogP contribution in [0, 0.1) is 10.8 Å². The molecule has 0 aromatic heterocycles. The number of rotatable bonds is 11. The second-order valence-corrected chi connectivity index (χ2v) is 14.9. The summed E-state index contributed by atoms with van der Waals surface area (Å²) in [6, 6.07) is 25.1. The molecule has 9 nitrogen and oxygen atoms in total. The molecule has 3 aromatic carbocycles. The average Bonchev–Trinajstić information content (AvgIpc) is 3.11. The van der Waals surface area contributed by atoms with Gasteiger partial charge in [-0.1, -0.05) is 102 Å². The second kappa shape index (κ2) is 17.6. The first-order valence-electron chi connectivity index (χ1n) is 16.2. The van der Waals surface area contributed by atoms with Crippen LogP contribution in [0.1, 0.15) is 54.5 Å². The number of carboxylic acids is 1. The van der Waals surface area contributed by atoms with Crippen molar-refractivity contribution in [2.45, 2.75) is 65.1 Å². The van der Waals surface area contributed by atoms with Gasteiger partial charge in [0.15, 0.2) is 16.3 Å². The second-order valence-electron chi connectivity index (χ2n) is 12.6. The molecule has 2 aliphatic rings. The number of carbonyl (C=O) groups excluding carboxylic acids is 4. The molecule has 1 amide bonds. The number of ether oxygens (including phenoxy) is 1. The molecule has 3 atom stereocenters. The van der Waals surface area contributed by atoms with Crippen LogP contribution in [-0.2, 0) is 61.0 Å². The van der Waals surface area contributed by atoms with Crippen LogP contribution in [0.15, 0.2) is 78.9 Å². The standard InChI is InChI=1S/C24H27NO5S.C14H16O3S/c1-17(26)31-16-24(12-11-19-9-5-6-10-20(19)13-24)23(29)25-14-21(27)22(28)30-15-18-7-3-2-4-8-18;1-10(15)18-9-14(13(16)17)7-6-11-4-2-3-5-12(11)8-14/h2-10,21,27H,11-16H2,1H3,(H,25,29);2-5H,6-9H2,1H3,(H,16,17). The quantitative estimate of drug-likeness (QED) is 0.228. The van der Waals surface area contributed by atoms with Crippen molar-refractivity contribution in [2.24, 2.45) is 10.8 Å². The molecular formula is C38H43NO8S2. The van der Waals surface area contributed by atoms with E-state index < -0.39 is 28.9 Å². The number of aryl methyl sites for hydroxylation is 2. The molecule has 0 bridgehead atoms. The van der Waals surface area contributed by atoms with Crippen LogP contribution in [0.2, 0.25) is 0 Å². The van der Waals surface area contributed by atoms with Crippen molar-refractivity contribution in [3.63, 3.8) is 0 Å². The van der Waals surface area contributed by atoms with Crippen LogP contribution in [-0.4, -0.2) is 62.4 Å². The minimum absolute atomic E-state index is 0.0190. The number of nitrogens with one attached hydrogen (secondary N) is 1. The summed E-state index contributed by atoms with van der Waals surface area (Å²) in [5.41, 5.74) is 3.91. The number of aliphatic hydroxyl groups excluding tert-OH is 1. The summed E-state index contributed by atoms with van der Waals surface area (Å²) < 4.78 is 5.13. The fourth-order valence-corrected chi connectivity index (χ4v) is 7.82. The topological polar surface area (TPSA) is 147 Å². The number of carboxylic acid groups (broad SMARTS) is 1. The number of hydrogen-bond acceptors (Lipinski definition) is 9. The number of carbonyl (C=O) groups is 5. The lowest BCUT2D eigenvalue weighted by atomic mass is 9.72. The van der Waals surface area contributed by atoms with Crippen LogP contribution < -0.4 is 5.32 Å². The van der Waals surface area contributed by atoms with Crippen LogP contribution in [0.5, 0.6) is 0 Å². The Morgan fingerprint density at radius 1 is 0.735 bits per heavy atom. The van der Waals surface area contributed by atoms with E-state index in [1.165, 1.54) is 25.0 Å². The highest BCUT2D eigenvalue weighted by molar-refractivity contribution is 8.13. The lowest BCUT2D eigenvalue weighted by Crippen LogP contribution is -2.49. The predicted molar refractivity (Wildman–Crippen MR) is 191 cm³/mol. The number of fused-ring (bicyclic) bond motifs is 2. The minimum Gasteiger partial charge on any atom is -0.481 e. The Morgan fingerprint density at radius 2 is 1.20 bits per heavy atom. The van der Waals surface area contributed by atoms with Crippen molar-refractivity contribution in [1.29, 1.82) is 0 Å². The normalized spacial score (nSPS) is 19.9. The fraction of sp³-hybridized carbons (Fsp3) is 0.395. The van der Waals surface area contributed by atoms with Crippen LogP contribution in [0.25, 0.3) is 0 Å². The van der Waals surface area contributed by atoms with Crippen molar-refractivity contribution >= 4 is 51.6 Å². The third-order valence-corrected chi connectivity index (χ3v) is 11.2. The maximum atomic E-state index is 13.1. The van der Waals surface area contributed by atoms with E-state index in [1.807, 2.05) is 66.7 Å². The lowest BCUT2D eigenvalue weighted by molar-refractivity contribution is -0.155. The van der Waals surface area contributed by atoms with Crippen molar-refractivity contribution in [3.8, 4) is 0 Å². The van der Waals surface area contributed by atoms with Gasteiger partial charge in [0.2, 0.25) is 5.91 Å². The predicted octanol–water partition coefficient (Wildman–Crippen LogP) is 5.19. The molecule has 0 fully saturated rings. The summed E-state index contributed by atoms with van der Waals surface area (Å²) >= 11 is 2.25. The molecule has 3 aromatic rings. The Hall–Kier alpha value is -3.93. The Labute approximate surface area is 295 Å². The number of aliphatic hydroxyl groups is 1. The van der Waals surface area contributed by atoms with E-state index in [0.717, 1.165) is 53.1 Å². The lowest BCUT2D eigenvalue weighted by Gasteiger charge is -2.36. The monoisotopic (exact) mass is 705 g/mol. The largest absolute Gasteiger partial charge is 0.481 e. The van der Waals surface area contributed by atoms with Crippen molar-refractivity contribution in [2.75, 3.05) is 18.1 Å². The number of esters is 1. The summed E-state index contributed by atoms with van der Waals surface area (Å²) in [5.74, 6) is -1.11. The summed E-state index contributed by atoms with van der Waals surface area (Å²) in [4.78, 5) is 59.5. The number of aliphatic carboxylic acids is 1. The average molecular weight is 706 g/mol. The highest BCUT2D eigenvalue weighted by Gasteiger charge is 2.43. The molecule has 11 heteroatoms. The van der Waals surface area contributed by atoms with Gasteiger partial charge in [-0.05, 0) is 66.3 Å². The van der Waals surface area contributed by atoms with Gasteiger partial charge in [0.05, 0.1) is 17.4 Å². The van der Waals surface area contributed by atoms with Gasteiger partial charge in [-0.25, -0.2) is 4.79 Å². The number of amides is 1. The summed E-state index contributed by atoms with van der Waals surface area (Å²) in [6.45, 7) is 2.79. The van der Waals surface area contributed by atoms with E-state index in [1.54, 1.807) is 0 Å². The van der Waals surface area contributed by atoms with E-state index >= 15 is 0 Å². The van der Waals surface area contributed by atoms with Crippen LogP contribution >= 0.6 is 23.5 Å². The van der Waals surface area contributed by atoms with Gasteiger partial charge in [0.25, 0.3) is 0 Å².